The number of unbranched alkanes of at least 4 members (excludes halogenated alkanes) is 1. The second-order valence-electron chi connectivity index (χ2n) is 6.36. The van der Waals surface area contributed by atoms with Crippen molar-refractivity contribution in [2.75, 3.05) is 20.2 Å². The number of rotatable bonds is 5. The zero-order chi connectivity index (χ0) is 17.3. The number of hydrogen-bond donors (Lipinski definition) is 0. The quantitative estimate of drug-likeness (QED) is 0.793. The summed E-state index contributed by atoms with van der Waals surface area (Å²) in [6.07, 6.45) is 2.89. The maximum absolute atomic E-state index is 13.0. The molecule has 0 fully saturated rings. The van der Waals surface area contributed by atoms with Crippen LogP contribution in [0.25, 0.3) is 10.9 Å². The van der Waals surface area contributed by atoms with Crippen LogP contribution in [-0.2, 0) is 22.5 Å². The Labute approximate surface area is 142 Å². The number of nitrogens with zero attached hydrogens (tertiary/aromatic N) is 2. The fourth-order valence-electron chi connectivity index (χ4n) is 3.57. The number of amides is 1. The first-order valence-corrected chi connectivity index (χ1v) is 8.55. The van der Waals surface area contributed by atoms with Gasteiger partial charge in [-0.15, -0.1) is 0 Å². The number of hydrogen-bond acceptors (Lipinski definition) is 3. The highest BCUT2D eigenvalue weighted by atomic mass is 16.5. The van der Waals surface area contributed by atoms with E-state index in [1.807, 2.05) is 34.6 Å². The van der Waals surface area contributed by atoms with Crippen molar-refractivity contribution < 1.29 is 14.3 Å². The van der Waals surface area contributed by atoms with Gasteiger partial charge in [0.15, 0.2) is 0 Å². The normalized spacial score (nSPS) is 14.1. The summed E-state index contributed by atoms with van der Waals surface area (Å²) < 4.78 is 6.70. The molecule has 5 heteroatoms. The minimum atomic E-state index is -0.337. The predicted molar refractivity (Wildman–Crippen MR) is 93.2 cm³/mol. The molecule has 1 aromatic heterocycles. The molecule has 1 amide bonds. The van der Waals surface area contributed by atoms with Gasteiger partial charge in [-0.25, -0.2) is 0 Å². The molecular weight excluding hydrogens is 304 g/mol. The van der Waals surface area contributed by atoms with Gasteiger partial charge in [-0.1, -0.05) is 31.5 Å². The number of aryl methyl sites for hydroxylation is 1. The lowest BCUT2D eigenvalue weighted by Crippen LogP contribution is -2.39. The molecule has 3 rings (SSSR count). The monoisotopic (exact) mass is 328 g/mol. The number of aromatic nitrogens is 1. The van der Waals surface area contributed by atoms with Gasteiger partial charge in [0.05, 0.1) is 12.6 Å². The first-order valence-electron chi connectivity index (χ1n) is 8.55. The molecule has 0 N–H and O–H groups in total. The van der Waals surface area contributed by atoms with Crippen LogP contribution in [0, 0.1) is 6.92 Å². The summed E-state index contributed by atoms with van der Waals surface area (Å²) >= 11 is 0. The van der Waals surface area contributed by atoms with E-state index >= 15 is 0 Å². The zero-order valence-electron chi connectivity index (χ0n) is 14.6. The average molecular weight is 328 g/mol. The number of benzene rings is 1. The van der Waals surface area contributed by atoms with E-state index in [0.717, 1.165) is 54.4 Å². The molecule has 24 heavy (non-hydrogen) atoms. The van der Waals surface area contributed by atoms with Crippen molar-refractivity contribution in [3.8, 4) is 0 Å². The molecule has 0 atom stereocenters. The van der Waals surface area contributed by atoms with Crippen LogP contribution in [0.4, 0.5) is 0 Å². The molecule has 2 aromatic rings. The topological polar surface area (TPSA) is 51.5 Å². The van der Waals surface area contributed by atoms with Gasteiger partial charge in [-0.3, -0.25) is 9.59 Å². The molecule has 0 saturated carbocycles. The fourth-order valence-corrected chi connectivity index (χ4v) is 3.57. The third-order valence-electron chi connectivity index (χ3n) is 4.81. The van der Waals surface area contributed by atoms with Crippen molar-refractivity contribution in [1.29, 1.82) is 0 Å². The Bertz CT molecular complexity index is 791. The van der Waals surface area contributed by atoms with E-state index in [1.165, 1.54) is 7.11 Å². The lowest BCUT2D eigenvalue weighted by atomic mass is 10.0. The van der Waals surface area contributed by atoms with Crippen molar-refractivity contribution in [2.24, 2.45) is 0 Å². The standard InChI is InChI=1S/C19H24N2O3/c1-4-5-10-20-11-9-15-14-8-6-7-13(2)17(14)21(12-16(22)24-3)18(15)19(20)23/h6-8H,4-5,9-12H2,1-3H3. The third-order valence-corrected chi connectivity index (χ3v) is 4.81. The SMILES string of the molecule is CCCCN1CCc2c(n(CC(=O)OC)c3c(C)cccc23)C1=O. The molecule has 0 radical (unpaired) electrons. The molecule has 1 aromatic carbocycles. The number of para-hydroxylation sites is 1. The summed E-state index contributed by atoms with van der Waals surface area (Å²) in [5.74, 6) is -0.305. The van der Waals surface area contributed by atoms with Crippen LogP contribution in [0.3, 0.4) is 0 Å². The molecule has 0 spiro atoms. The van der Waals surface area contributed by atoms with Crippen molar-refractivity contribution >= 4 is 22.8 Å². The molecule has 2 heterocycles. The van der Waals surface area contributed by atoms with Gasteiger partial charge in [-0.2, -0.15) is 0 Å². The zero-order valence-corrected chi connectivity index (χ0v) is 14.6. The molecule has 1 aliphatic rings. The Morgan fingerprint density at radius 3 is 2.83 bits per heavy atom. The average Bonchev–Trinajstić information content (AvgIpc) is 2.90. The van der Waals surface area contributed by atoms with E-state index in [9.17, 15) is 9.59 Å². The fraction of sp³-hybridized carbons (Fsp3) is 0.474. The van der Waals surface area contributed by atoms with E-state index in [-0.39, 0.29) is 18.4 Å². The van der Waals surface area contributed by atoms with E-state index in [2.05, 4.69) is 6.92 Å². The van der Waals surface area contributed by atoms with Crippen LogP contribution >= 0.6 is 0 Å². The molecule has 0 bridgehead atoms. The first kappa shape index (κ1) is 16.6. The molecule has 5 nitrogen and oxygen atoms in total. The first-order chi connectivity index (χ1) is 11.6. The number of esters is 1. The second kappa shape index (κ2) is 6.67. The Hall–Kier alpha value is -2.30. The highest BCUT2D eigenvalue weighted by Crippen LogP contribution is 2.32. The number of methoxy groups -OCH3 is 1. The Morgan fingerprint density at radius 2 is 2.12 bits per heavy atom. The number of ether oxygens (including phenoxy) is 1. The van der Waals surface area contributed by atoms with Gasteiger partial charge >= 0.3 is 5.97 Å². The third kappa shape index (κ3) is 2.68. The van der Waals surface area contributed by atoms with Crippen molar-refractivity contribution in [2.45, 2.75) is 39.7 Å². The highest BCUT2D eigenvalue weighted by Gasteiger charge is 2.31. The van der Waals surface area contributed by atoms with E-state index in [0.29, 0.717) is 5.69 Å². The number of fused-ring (bicyclic) bond motifs is 3. The summed E-state index contributed by atoms with van der Waals surface area (Å²) in [6.45, 7) is 5.73. The number of carbonyl (C=O) groups excluding carboxylic acids is 2. The smallest absolute Gasteiger partial charge is 0.325 e. The van der Waals surface area contributed by atoms with E-state index in [4.69, 9.17) is 4.74 Å². The Morgan fingerprint density at radius 1 is 1.33 bits per heavy atom. The minimum Gasteiger partial charge on any atom is -0.468 e. The largest absolute Gasteiger partial charge is 0.468 e. The Kier molecular flexibility index (Phi) is 4.60. The van der Waals surface area contributed by atoms with Gasteiger partial charge < -0.3 is 14.2 Å². The van der Waals surface area contributed by atoms with Gasteiger partial charge in [0.2, 0.25) is 0 Å². The van der Waals surface area contributed by atoms with Crippen molar-refractivity contribution in [3.63, 3.8) is 0 Å². The number of carbonyl (C=O) groups is 2. The molecule has 1 aliphatic heterocycles. The summed E-state index contributed by atoms with van der Waals surface area (Å²) in [6, 6.07) is 6.07. The molecule has 0 saturated heterocycles. The van der Waals surface area contributed by atoms with Crippen molar-refractivity contribution in [1.82, 2.24) is 9.47 Å². The summed E-state index contributed by atoms with van der Waals surface area (Å²) in [5, 5.41) is 1.08. The maximum atomic E-state index is 13.0. The van der Waals surface area contributed by atoms with Gasteiger partial charge in [0, 0.05) is 18.5 Å². The Balaban J connectivity index is 2.15. The van der Waals surface area contributed by atoms with E-state index in [1.54, 1.807) is 0 Å². The predicted octanol–water partition coefficient (Wildman–Crippen LogP) is 2.92. The van der Waals surface area contributed by atoms with Gasteiger partial charge in [0.1, 0.15) is 12.2 Å². The lowest BCUT2D eigenvalue weighted by Gasteiger charge is -2.28. The summed E-state index contributed by atoms with van der Waals surface area (Å²) in [7, 11) is 1.38. The molecule has 0 aliphatic carbocycles. The van der Waals surface area contributed by atoms with Crippen LogP contribution in [0.15, 0.2) is 18.2 Å². The second-order valence-corrected chi connectivity index (χ2v) is 6.36. The summed E-state index contributed by atoms with van der Waals surface area (Å²) in [5.41, 5.74) is 3.76. The molecular formula is C19H24N2O3. The van der Waals surface area contributed by atoms with Crippen LogP contribution in [0.2, 0.25) is 0 Å². The van der Waals surface area contributed by atoms with Gasteiger partial charge in [0.25, 0.3) is 5.91 Å². The van der Waals surface area contributed by atoms with E-state index < -0.39 is 0 Å². The molecule has 128 valence electrons. The van der Waals surface area contributed by atoms with Crippen LogP contribution in [0.1, 0.15) is 41.4 Å². The van der Waals surface area contributed by atoms with Gasteiger partial charge in [-0.05, 0) is 30.9 Å². The maximum Gasteiger partial charge on any atom is 0.325 e. The minimum absolute atomic E-state index is 0.0317. The summed E-state index contributed by atoms with van der Waals surface area (Å²) in [4.78, 5) is 26.9. The lowest BCUT2D eigenvalue weighted by molar-refractivity contribution is -0.141. The molecule has 0 unspecified atom stereocenters. The highest BCUT2D eigenvalue weighted by molar-refractivity contribution is 6.04. The van der Waals surface area contributed by atoms with Crippen LogP contribution < -0.4 is 0 Å². The van der Waals surface area contributed by atoms with Crippen LogP contribution in [-0.4, -0.2) is 41.5 Å². The van der Waals surface area contributed by atoms with Crippen molar-refractivity contribution in [3.05, 3.63) is 35.0 Å². The van der Waals surface area contributed by atoms with Crippen LogP contribution in [0.5, 0.6) is 0 Å².